The van der Waals surface area contributed by atoms with Gasteiger partial charge < -0.3 is 18.9 Å². The second-order valence-corrected chi connectivity index (χ2v) is 10.5. The number of fused-ring (bicyclic) bond motifs is 1. The molecule has 1 atom stereocenters. The van der Waals surface area contributed by atoms with Crippen molar-refractivity contribution in [3.63, 3.8) is 0 Å². The van der Waals surface area contributed by atoms with E-state index in [0.29, 0.717) is 51.1 Å². The largest absolute Gasteiger partial charge is 0.497 e. The molecule has 0 bridgehead atoms. The van der Waals surface area contributed by atoms with Crippen LogP contribution in [0.3, 0.4) is 0 Å². The number of esters is 1. The summed E-state index contributed by atoms with van der Waals surface area (Å²) in [6.45, 7) is 6.51. The number of benzene rings is 3. The van der Waals surface area contributed by atoms with Crippen molar-refractivity contribution in [2.24, 2.45) is 4.99 Å². The number of aromatic nitrogens is 1. The second-order valence-electron chi connectivity index (χ2n) is 9.49. The fourth-order valence-corrected chi connectivity index (χ4v) is 5.83. The minimum atomic E-state index is -0.693. The van der Waals surface area contributed by atoms with Gasteiger partial charge in [0, 0.05) is 0 Å². The van der Waals surface area contributed by atoms with E-state index in [0.717, 1.165) is 16.7 Å². The highest BCUT2D eigenvalue weighted by Gasteiger charge is 2.33. The second kappa shape index (κ2) is 12.9. The van der Waals surface area contributed by atoms with E-state index in [9.17, 15) is 9.59 Å². The van der Waals surface area contributed by atoms with Gasteiger partial charge in [0.05, 0.1) is 42.2 Å². The highest BCUT2D eigenvalue weighted by molar-refractivity contribution is 7.07. The third-order valence-corrected chi connectivity index (χ3v) is 7.73. The molecule has 0 fully saturated rings. The van der Waals surface area contributed by atoms with E-state index in [1.807, 2.05) is 73.7 Å². The topological polar surface area (TPSA) is 88.4 Å². The van der Waals surface area contributed by atoms with Gasteiger partial charge in [-0.05, 0) is 67.8 Å². The molecular weight excluding hydrogens is 552 g/mol. The average Bonchev–Trinajstić information content (AvgIpc) is 3.30. The molecule has 0 saturated carbocycles. The molecule has 1 aromatic heterocycles. The molecule has 1 aliphatic rings. The fourth-order valence-electron chi connectivity index (χ4n) is 4.78. The van der Waals surface area contributed by atoms with Crippen LogP contribution in [0.2, 0.25) is 0 Å². The van der Waals surface area contributed by atoms with E-state index >= 15 is 0 Å². The lowest BCUT2D eigenvalue weighted by Gasteiger charge is -2.24. The zero-order valence-corrected chi connectivity index (χ0v) is 24.8. The summed E-state index contributed by atoms with van der Waals surface area (Å²) in [5.41, 5.74) is 3.17. The monoisotopic (exact) mass is 584 g/mol. The summed E-state index contributed by atoms with van der Waals surface area (Å²) < 4.78 is 24.6. The minimum Gasteiger partial charge on any atom is -0.497 e. The van der Waals surface area contributed by atoms with Crippen LogP contribution in [0.15, 0.2) is 93.9 Å². The molecule has 0 spiro atoms. The zero-order valence-electron chi connectivity index (χ0n) is 24.0. The van der Waals surface area contributed by atoms with Gasteiger partial charge in [-0.25, -0.2) is 9.79 Å². The number of nitrogens with zero attached hydrogens (tertiary/aromatic N) is 2. The molecule has 3 aromatic carbocycles. The van der Waals surface area contributed by atoms with Gasteiger partial charge >= 0.3 is 5.97 Å². The molecule has 9 heteroatoms. The van der Waals surface area contributed by atoms with Gasteiger partial charge in [-0.15, -0.1) is 0 Å². The first-order valence-electron chi connectivity index (χ1n) is 13.7. The Labute approximate surface area is 247 Å². The molecule has 4 aromatic rings. The molecule has 1 aliphatic heterocycles. The Bertz CT molecular complexity index is 1790. The summed E-state index contributed by atoms with van der Waals surface area (Å²) in [4.78, 5) is 32.2. The lowest BCUT2D eigenvalue weighted by molar-refractivity contribution is -0.139. The Morgan fingerprint density at radius 3 is 2.43 bits per heavy atom. The first-order chi connectivity index (χ1) is 20.4. The lowest BCUT2D eigenvalue weighted by atomic mass is 9.96. The fraction of sp³-hybridized carbons (Fsp3) is 0.242. The van der Waals surface area contributed by atoms with Crippen molar-refractivity contribution in [3.05, 3.63) is 120 Å². The highest BCUT2D eigenvalue weighted by Crippen LogP contribution is 2.32. The number of methoxy groups -OCH3 is 1. The van der Waals surface area contributed by atoms with Crippen molar-refractivity contribution in [1.82, 2.24) is 4.57 Å². The summed E-state index contributed by atoms with van der Waals surface area (Å²) in [6, 6.07) is 22.1. The van der Waals surface area contributed by atoms with E-state index in [4.69, 9.17) is 18.9 Å². The summed E-state index contributed by atoms with van der Waals surface area (Å²) in [6.07, 6.45) is 1.81. The van der Waals surface area contributed by atoms with Crippen molar-refractivity contribution in [1.29, 1.82) is 0 Å². The molecule has 2 heterocycles. The Hall–Kier alpha value is -4.63. The van der Waals surface area contributed by atoms with E-state index in [2.05, 4.69) is 4.99 Å². The maximum Gasteiger partial charge on any atom is 0.338 e. The van der Waals surface area contributed by atoms with E-state index in [1.165, 1.54) is 11.3 Å². The number of carbonyl (C=O) groups is 1. The predicted octanol–water partition coefficient (Wildman–Crippen LogP) is 4.78. The van der Waals surface area contributed by atoms with Gasteiger partial charge in [0.25, 0.3) is 5.56 Å². The number of rotatable bonds is 10. The third-order valence-electron chi connectivity index (χ3n) is 6.75. The van der Waals surface area contributed by atoms with Gasteiger partial charge in [0.1, 0.15) is 12.4 Å². The summed E-state index contributed by atoms with van der Waals surface area (Å²) >= 11 is 1.27. The molecule has 216 valence electrons. The van der Waals surface area contributed by atoms with Crippen LogP contribution < -0.4 is 29.1 Å². The SMILES string of the molecule is CCOC(=O)C1=C(C)N=c2s/c(=C/c3ccc(OCc4ccccc4)c(OCC)c3)c(=O)n2[C@H]1c1ccc(OC)cc1. The molecule has 0 saturated heterocycles. The molecule has 5 rings (SSSR count). The van der Waals surface area contributed by atoms with E-state index in [1.54, 1.807) is 37.7 Å². The first-order valence-corrected chi connectivity index (χ1v) is 14.5. The molecule has 42 heavy (non-hydrogen) atoms. The van der Waals surface area contributed by atoms with Crippen molar-refractivity contribution >= 4 is 23.4 Å². The van der Waals surface area contributed by atoms with Crippen molar-refractivity contribution < 1.29 is 23.7 Å². The van der Waals surface area contributed by atoms with Crippen LogP contribution in [0, 0.1) is 0 Å². The van der Waals surface area contributed by atoms with Gasteiger partial charge in [0.15, 0.2) is 16.3 Å². The molecule has 0 unspecified atom stereocenters. The Balaban J connectivity index is 1.56. The maximum atomic E-state index is 13.9. The Morgan fingerprint density at radius 1 is 0.976 bits per heavy atom. The molecule has 0 N–H and O–H groups in total. The zero-order chi connectivity index (χ0) is 29.6. The first kappa shape index (κ1) is 28.9. The predicted molar refractivity (Wildman–Crippen MR) is 162 cm³/mol. The van der Waals surface area contributed by atoms with Gasteiger partial charge in [-0.1, -0.05) is 59.9 Å². The number of hydrogen-bond donors (Lipinski definition) is 0. The van der Waals surface area contributed by atoms with Gasteiger partial charge in [-0.2, -0.15) is 0 Å². The molecule has 0 aliphatic carbocycles. The standard InChI is InChI=1S/C33H32N2O6S/c1-5-39-27-18-23(12-17-26(27)41-20-22-10-8-7-9-11-22)19-28-31(36)35-30(24-13-15-25(38-4)16-14-24)29(32(37)40-6-2)21(3)34-33(35)42-28/h7-19,30H,5-6,20H2,1-4H3/b28-19+/t30-/m0/s1. The highest BCUT2D eigenvalue weighted by atomic mass is 32.1. The van der Waals surface area contributed by atoms with Gasteiger partial charge in [-0.3, -0.25) is 9.36 Å². The van der Waals surface area contributed by atoms with Crippen LogP contribution in [0.5, 0.6) is 17.2 Å². The quantitative estimate of drug-likeness (QED) is 0.249. The third kappa shape index (κ3) is 6.01. The number of thiazole rings is 1. The molecular formula is C33H32N2O6S. The number of allylic oxidation sites excluding steroid dienone is 1. The summed E-state index contributed by atoms with van der Waals surface area (Å²) in [5.74, 6) is 1.38. The number of carbonyl (C=O) groups excluding carboxylic acids is 1. The van der Waals surface area contributed by atoms with E-state index in [-0.39, 0.29) is 12.2 Å². The molecule has 8 nitrogen and oxygen atoms in total. The van der Waals surface area contributed by atoms with Crippen molar-refractivity contribution in [2.75, 3.05) is 20.3 Å². The lowest BCUT2D eigenvalue weighted by Crippen LogP contribution is -2.39. The van der Waals surface area contributed by atoms with Crippen molar-refractivity contribution in [2.45, 2.75) is 33.4 Å². The summed E-state index contributed by atoms with van der Waals surface area (Å²) in [5, 5.41) is 0. The smallest absolute Gasteiger partial charge is 0.338 e. The van der Waals surface area contributed by atoms with Crippen LogP contribution >= 0.6 is 11.3 Å². The minimum absolute atomic E-state index is 0.211. The van der Waals surface area contributed by atoms with Crippen LogP contribution in [0.1, 0.15) is 43.5 Å². The molecule has 0 amide bonds. The number of ether oxygens (including phenoxy) is 4. The van der Waals surface area contributed by atoms with Crippen LogP contribution in [-0.2, 0) is 16.1 Å². The maximum absolute atomic E-state index is 13.9. The van der Waals surface area contributed by atoms with Crippen LogP contribution in [0.4, 0.5) is 0 Å². The van der Waals surface area contributed by atoms with Crippen molar-refractivity contribution in [3.8, 4) is 17.2 Å². The van der Waals surface area contributed by atoms with Crippen LogP contribution in [0.25, 0.3) is 6.08 Å². The van der Waals surface area contributed by atoms with E-state index < -0.39 is 12.0 Å². The Kier molecular flexibility index (Phi) is 8.88. The Morgan fingerprint density at radius 2 is 1.74 bits per heavy atom. The van der Waals surface area contributed by atoms with Crippen LogP contribution in [-0.4, -0.2) is 30.9 Å². The average molecular weight is 585 g/mol. The summed E-state index contributed by atoms with van der Waals surface area (Å²) in [7, 11) is 1.59. The normalized spacial score (nSPS) is 14.7. The number of hydrogen-bond acceptors (Lipinski definition) is 8. The molecule has 0 radical (unpaired) electrons. The van der Waals surface area contributed by atoms with Gasteiger partial charge in [0.2, 0.25) is 0 Å².